The molecule has 2 N–H and O–H groups in total. The van der Waals surface area contributed by atoms with Crippen LogP contribution in [0.5, 0.6) is 0 Å². The van der Waals surface area contributed by atoms with Crippen LogP contribution in [0.1, 0.15) is 59.8 Å². The average molecular weight is 348 g/mol. The summed E-state index contributed by atoms with van der Waals surface area (Å²) in [4.78, 5) is 34.8. The van der Waals surface area contributed by atoms with Gasteiger partial charge < -0.3 is 10.2 Å². The molecular weight excluding hydrogens is 320 g/mol. The Labute approximate surface area is 148 Å². The van der Waals surface area contributed by atoms with Gasteiger partial charge in [-0.1, -0.05) is 26.3 Å². The second-order valence-electron chi connectivity index (χ2n) is 8.28. The molecule has 5 nitrogen and oxygen atoms in total. The lowest BCUT2D eigenvalue weighted by atomic mass is 9.46. The van der Waals surface area contributed by atoms with Gasteiger partial charge in [0.25, 0.3) is 0 Å². The maximum atomic E-state index is 12.2. The standard InChI is InChI=1S/C20H28O5/c1-12(9-17(22)23)5-7-19(3)13(2)6-8-20(4)15(18(24)25)10-14(21)11-16(19)20/h9-10,13,16H,5-8,11H2,1-4H3,(H,22,23)(H,24,25)/b12-9-/t13-,16+,19-,20+/m0/s1. The van der Waals surface area contributed by atoms with Crippen molar-refractivity contribution >= 4 is 17.7 Å². The predicted octanol–water partition coefficient (Wildman–Crippen LogP) is 3.84. The Morgan fingerprint density at radius 1 is 1.32 bits per heavy atom. The van der Waals surface area contributed by atoms with Crippen LogP contribution in [0, 0.1) is 22.7 Å². The van der Waals surface area contributed by atoms with Crippen LogP contribution in [0.15, 0.2) is 23.3 Å². The Morgan fingerprint density at radius 2 is 1.96 bits per heavy atom. The number of rotatable bonds is 5. The Morgan fingerprint density at radius 3 is 2.52 bits per heavy atom. The molecule has 0 heterocycles. The molecule has 138 valence electrons. The molecular formula is C20H28O5. The fraction of sp³-hybridized carbons (Fsp3) is 0.650. The topological polar surface area (TPSA) is 91.7 Å². The summed E-state index contributed by atoms with van der Waals surface area (Å²) in [5, 5.41) is 18.5. The molecule has 0 bridgehead atoms. The summed E-state index contributed by atoms with van der Waals surface area (Å²) < 4.78 is 0. The lowest BCUT2D eigenvalue weighted by molar-refractivity contribution is -0.140. The summed E-state index contributed by atoms with van der Waals surface area (Å²) in [6.07, 6.45) is 5.99. The molecule has 4 atom stereocenters. The van der Waals surface area contributed by atoms with Crippen molar-refractivity contribution in [2.45, 2.75) is 59.8 Å². The average Bonchev–Trinajstić information content (AvgIpc) is 2.50. The third-order valence-corrected chi connectivity index (χ3v) is 6.77. The van der Waals surface area contributed by atoms with E-state index in [1.165, 1.54) is 12.2 Å². The van der Waals surface area contributed by atoms with Crippen LogP contribution in [0.4, 0.5) is 0 Å². The van der Waals surface area contributed by atoms with Crippen molar-refractivity contribution in [3.8, 4) is 0 Å². The van der Waals surface area contributed by atoms with Crippen molar-refractivity contribution in [2.24, 2.45) is 22.7 Å². The minimum Gasteiger partial charge on any atom is -0.478 e. The fourth-order valence-corrected chi connectivity index (χ4v) is 4.93. The van der Waals surface area contributed by atoms with Crippen molar-refractivity contribution in [1.82, 2.24) is 0 Å². The lowest BCUT2D eigenvalue weighted by Gasteiger charge is -2.57. The number of aliphatic carboxylic acids is 2. The molecule has 0 spiro atoms. The van der Waals surface area contributed by atoms with Gasteiger partial charge in [-0.3, -0.25) is 4.79 Å². The second kappa shape index (κ2) is 6.77. The van der Waals surface area contributed by atoms with Gasteiger partial charge in [-0.2, -0.15) is 0 Å². The van der Waals surface area contributed by atoms with Gasteiger partial charge in [0.05, 0.1) is 0 Å². The Bertz CT molecular complexity index is 659. The van der Waals surface area contributed by atoms with Gasteiger partial charge in [0, 0.05) is 23.5 Å². The Hall–Kier alpha value is -1.91. The molecule has 0 aliphatic heterocycles. The van der Waals surface area contributed by atoms with E-state index in [1.807, 2.05) is 6.92 Å². The van der Waals surface area contributed by atoms with E-state index in [2.05, 4.69) is 13.8 Å². The zero-order valence-electron chi connectivity index (χ0n) is 15.5. The van der Waals surface area contributed by atoms with Crippen LogP contribution >= 0.6 is 0 Å². The van der Waals surface area contributed by atoms with Crippen LogP contribution in [0.2, 0.25) is 0 Å². The first-order valence-electron chi connectivity index (χ1n) is 8.89. The van der Waals surface area contributed by atoms with Crippen LogP contribution < -0.4 is 0 Å². The molecule has 2 rings (SSSR count). The van der Waals surface area contributed by atoms with Crippen molar-refractivity contribution in [1.29, 1.82) is 0 Å². The highest BCUT2D eigenvalue weighted by molar-refractivity contribution is 6.01. The molecule has 0 aromatic rings. The smallest absolute Gasteiger partial charge is 0.332 e. The van der Waals surface area contributed by atoms with Gasteiger partial charge in [-0.15, -0.1) is 0 Å². The van der Waals surface area contributed by atoms with E-state index >= 15 is 0 Å². The minimum absolute atomic E-state index is 0.0371. The van der Waals surface area contributed by atoms with Crippen molar-refractivity contribution < 1.29 is 24.6 Å². The zero-order chi connectivity index (χ0) is 19.0. The first-order chi connectivity index (χ1) is 11.5. The van der Waals surface area contributed by atoms with Crippen molar-refractivity contribution in [3.63, 3.8) is 0 Å². The molecule has 1 fully saturated rings. The van der Waals surface area contributed by atoms with Crippen LogP contribution in [0.25, 0.3) is 0 Å². The minimum atomic E-state index is -1.00. The molecule has 0 aromatic heterocycles. The number of carboxylic acids is 2. The van der Waals surface area contributed by atoms with Crippen molar-refractivity contribution in [3.05, 3.63) is 23.3 Å². The fourth-order valence-electron chi connectivity index (χ4n) is 4.93. The van der Waals surface area contributed by atoms with Crippen LogP contribution in [-0.2, 0) is 14.4 Å². The van der Waals surface area contributed by atoms with E-state index in [-0.39, 0.29) is 22.7 Å². The van der Waals surface area contributed by atoms with E-state index in [0.717, 1.165) is 24.8 Å². The summed E-state index contributed by atoms with van der Waals surface area (Å²) >= 11 is 0. The van der Waals surface area contributed by atoms with E-state index in [1.54, 1.807) is 6.92 Å². The van der Waals surface area contributed by atoms with E-state index in [9.17, 15) is 19.5 Å². The van der Waals surface area contributed by atoms with Gasteiger partial charge in [0.15, 0.2) is 5.78 Å². The van der Waals surface area contributed by atoms with Gasteiger partial charge >= 0.3 is 11.9 Å². The molecule has 5 heteroatoms. The highest BCUT2D eigenvalue weighted by Gasteiger charge is 2.56. The van der Waals surface area contributed by atoms with E-state index < -0.39 is 17.4 Å². The maximum Gasteiger partial charge on any atom is 0.332 e. The monoisotopic (exact) mass is 348 g/mol. The zero-order valence-corrected chi connectivity index (χ0v) is 15.5. The second-order valence-corrected chi connectivity index (χ2v) is 8.28. The number of hydrogen-bond acceptors (Lipinski definition) is 3. The first kappa shape index (κ1) is 19.4. The summed E-state index contributed by atoms with van der Waals surface area (Å²) in [7, 11) is 0. The number of carbonyl (C=O) groups excluding carboxylic acids is 1. The number of hydrogen-bond donors (Lipinski definition) is 2. The quantitative estimate of drug-likeness (QED) is 0.737. The van der Waals surface area contributed by atoms with Gasteiger partial charge in [0.1, 0.15) is 0 Å². The molecule has 25 heavy (non-hydrogen) atoms. The molecule has 0 aromatic carbocycles. The number of fused-ring (bicyclic) bond motifs is 1. The molecule has 0 saturated heterocycles. The normalized spacial score (nSPS) is 35.8. The molecule has 0 amide bonds. The van der Waals surface area contributed by atoms with Gasteiger partial charge in [-0.05, 0) is 55.9 Å². The first-order valence-corrected chi connectivity index (χ1v) is 8.89. The highest BCUT2D eigenvalue weighted by Crippen LogP contribution is 2.61. The number of ketones is 1. The third-order valence-electron chi connectivity index (χ3n) is 6.77. The molecule has 1 saturated carbocycles. The summed E-state index contributed by atoms with van der Waals surface area (Å²) in [5.74, 6) is -1.75. The molecule has 0 unspecified atom stereocenters. The van der Waals surface area contributed by atoms with E-state index in [4.69, 9.17) is 5.11 Å². The molecule has 2 aliphatic rings. The van der Waals surface area contributed by atoms with Crippen molar-refractivity contribution in [2.75, 3.05) is 0 Å². The number of carbonyl (C=O) groups is 3. The largest absolute Gasteiger partial charge is 0.478 e. The Kier molecular flexibility index (Phi) is 5.26. The number of allylic oxidation sites excluding steroid dienone is 2. The van der Waals surface area contributed by atoms with Crippen LogP contribution in [0.3, 0.4) is 0 Å². The Balaban J connectivity index is 2.37. The SMILES string of the molecule is C/C(=C/C(=O)O)CC[C@]1(C)[C@H]2CC(=O)C=C(C(=O)O)[C@@]2(C)CC[C@@H]1C. The lowest BCUT2D eigenvalue weighted by Crippen LogP contribution is -2.52. The summed E-state index contributed by atoms with van der Waals surface area (Å²) in [6, 6.07) is 0. The summed E-state index contributed by atoms with van der Waals surface area (Å²) in [6.45, 7) is 8.10. The maximum absolute atomic E-state index is 12.2. The molecule has 2 aliphatic carbocycles. The van der Waals surface area contributed by atoms with Gasteiger partial charge in [0.2, 0.25) is 0 Å². The van der Waals surface area contributed by atoms with E-state index in [0.29, 0.717) is 18.8 Å². The predicted molar refractivity (Wildman–Crippen MR) is 94.1 cm³/mol. The summed E-state index contributed by atoms with van der Waals surface area (Å²) in [5.41, 5.74) is 0.324. The van der Waals surface area contributed by atoms with Gasteiger partial charge in [-0.25, -0.2) is 9.59 Å². The highest BCUT2D eigenvalue weighted by atomic mass is 16.4. The number of carboxylic acid groups (broad SMARTS) is 2. The third kappa shape index (κ3) is 3.55. The van der Waals surface area contributed by atoms with Crippen LogP contribution in [-0.4, -0.2) is 27.9 Å². The molecule has 0 radical (unpaired) electrons.